The third kappa shape index (κ3) is 0.922. The fraction of sp³-hybridized carbons (Fsp3) is 0.167. The second-order valence-corrected chi connectivity index (χ2v) is 3.51. The van der Waals surface area contributed by atoms with E-state index in [2.05, 4.69) is 0 Å². The van der Waals surface area contributed by atoms with Gasteiger partial charge in [-0.2, -0.15) is 15.8 Å². The molecule has 1 aliphatic carbocycles. The molecule has 0 saturated carbocycles. The van der Waals surface area contributed by atoms with E-state index in [1.54, 1.807) is 36.4 Å². The summed E-state index contributed by atoms with van der Waals surface area (Å²) >= 11 is 0. The van der Waals surface area contributed by atoms with Crippen LogP contribution in [0.2, 0.25) is 0 Å². The number of benzene rings is 1. The van der Waals surface area contributed by atoms with Crippen LogP contribution in [0, 0.1) is 39.4 Å². The van der Waals surface area contributed by atoms with Crippen molar-refractivity contribution in [2.75, 3.05) is 0 Å². The molecule has 0 amide bonds. The molecule has 4 nitrogen and oxygen atoms in total. The Hall–Kier alpha value is -2.64. The molecule has 1 aromatic carbocycles. The topological polar surface area (TPSA) is 88.4 Å². The fourth-order valence-corrected chi connectivity index (χ4v) is 1.95. The maximum atomic E-state index is 12.0. The molecule has 16 heavy (non-hydrogen) atoms. The zero-order chi connectivity index (χ0) is 11.8. The standard InChI is InChI=1S/C12H5N3O/c13-5-10-8-3-1-2-4-9(8)11(16)12(10,6-14)7-15/h1-4,10H. The van der Waals surface area contributed by atoms with Crippen molar-refractivity contribution in [3.63, 3.8) is 0 Å². The van der Waals surface area contributed by atoms with Gasteiger partial charge in [0.05, 0.1) is 18.2 Å². The lowest BCUT2D eigenvalue weighted by atomic mass is 9.79. The quantitative estimate of drug-likeness (QED) is 0.645. The Morgan fingerprint density at radius 2 is 1.75 bits per heavy atom. The van der Waals surface area contributed by atoms with Gasteiger partial charge >= 0.3 is 0 Å². The number of Topliss-reactive ketones (excluding diaryl/α,β-unsaturated/α-hetero) is 1. The maximum absolute atomic E-state index is 12.0. The van der Waals surface area contributed by atoms with Crippen LogP contribution in [0.3, 0.4) is 0 Å². The molecule has 0 radical (unpaired) electrons. The third-order valence-electron chi connectivity index (χ3n) is 2.79. The average Bonchev–Trinajstić information content (AvgIpc) is 2.59. The summed E-state index contributed by atoms with van der Waals surface area (Å²) in [5.74, 6) is -1.56. The van der Waals surface area contributed by atoms with E-state index >= 15 is 0 Å². The third-order valence-corrected chi connectivity index (χ3v) is 2.79. The first-order valence-corrected chi connectivity index (χ1v) is 4.57. The molecule has 1 atom stereocenters. The molecule has 74 valence electrons. The van der Waals surface area contributed by atoms with E-state index < -0.39 is 17.1 Å². The summed E-state index contributed by atoms with van der Waals surface area (Å²) in [5, 5.41) is 27.1. The van der Waals surface area contributed by atoms with Gasteiger partial charge in [0, 0.05) is 5.56 Å². The number of hydrogen-bond acceptors (Lipinski definition) is 4. The second kappa shape index (κ2) is 3.19. The molecule has 0 aliphatic heterocycles. The molecule has 2 rings (SSSR count). The number of rotatable bonds is 0. The van der Waals surface area contributed by atoms with Crippen molar-refractivity contribution >= 4 is 5.78 Å². The number of nitriles is 3. The number of fused-ring (bicyclic) bond motifs is 1. The van der Waals surface area contributed by atoms with Crippen LogP contribution in [-0.4, -0.2) is 5.78 Å². The smallest absolute Gasteiger partial charge is 0.225 e. The predicted octanol–water partition coefficient (Wildman–Crippen LogP) is 1.52. The van der Waals surface area contributed by atoms with Gasteiger partial charge in [0.1, 0.15) is 5.92 Å². The monoisotopic (exact) mass is 207 g/mol. The summed E-state index contributed by atoms with van der Waals surface area (Å²) in [7, 11) is 0. The van der Waals surface area contributed by atoms with Gasteiger partial charge in [0.25, 0.3) is 0 Å². The minimum Gasteiger partial charge on any atom is -0.291 e. The molecule has 1 aromatic rings. The van der Waals surface area contributed by atoms with Crippen molar-refractivity contribution in [2.45, 2.75) is 5.92 Å². The van der Waals surface area contributed by atoms with Crippen molar-refractivity contribution in [3.05, 3.63) is 35.4 Å². The number of carbonyl (C=O) groups is 1. The summed E-state index contributed by atoms with van der Waals surface area (Å²) in [6.45, 7) is 0. The molecule has 0 N–H and O–H groups in total. The Kier molecular flexibility index (Phi) is 1.97. The van der Waals surface area contributed by atoms with Gasteiger partial charge in [-0.1, -0.05) is 24.3 Å². The second-order valence-electron chi connectivity index (χ2n) is 3.51. The number of nitrogens with zero attached hydrogens (tertiary/aromatic N) is 3. The molecule has 0 bridgehead atoms. The Morgan fingerprint density at radius 1 is 1.12 bits per heavy atom. The first kappa shape index (κ1) is 9.90. The van der Waals surface area contributed by atoms with Gasteiger partial charge < -0.3 is 0 Å². The van der Waals surface area contributed by atoms with Crippen LogP contribution in [0.4, 0.5) is 0 Å². The number of ketones is 1. The molecule has 1 aliphatic rings. The Morgan fingerprint density at radius 3 is 2.31 bits per heavy atom. The summed E-state index contributed by atoms with van der Waals surface area (Å²) in [5.41, 5.74) is -1.10. The maximum Gasteiger partial charge on any atom is 0.225 e. The first-order valence-electron chi connectivity index (χ1n) is 4.57. The molecule has 0 saturated heterocycles. The average molecular weight is 207 g/mol. The zero-order valence-corrected chi connectivity index (χ0v) is 8.14. The highest BCUT2D eigenvalue weighted by molar-refractivity contribution is 6.10. The predicted molar refractivity (Wildman–Crippen MR) is 52.8 cm³/mol. The fourth-order valence-electron chi connectivity index (χ4n) is 1.95. The zero-order valence-electron chi connectivity index (χ0n) is 8.14. The largest absolute Gasteiger partial charge is 0.291 e. The number of hydrogen-bond donors (Lipinski definition) is 0. The molecule has 1 unspecified atom stereocenters. The first-order chi connectivity index (χ1) is 7.71. The molecule has 0 spiro atoms. The van der Waals surface area contributed by atoms with Gasteiger partial charge in [-0.3, -0.25) is 4.79 Å². The molecule has 4 heteroatoms. The van der Waals surface area contributed by atoms with Crippen LogP contribution >= 0.6 is 0 Å². The van der Waals surface area contributed by atoms with Crippen molar-refractivity contribution in [2.24, 2.45) is 5.41 Å². The normalized spacial score (nSPS) is 20.3. The van der Waals surface area contributed by atoms with E-state index in [1.165, 1.54) is 0 Å². The van der Waals surface area contributed by atoms with Crippen LogP contribution in [0.25, 0.3) is 0 Å². The van der Waals surface area contributed by atoms with E-state index in [0.29, 0.717) is 11.1 Å². The molecule has 0 fully saturated rings. The Balaban J connectivity index is 2.78. The van der Waals surface area contributed by atoms with Crippen molar-refractivity contribution in [1.82, 2.24) is 0 Å². The minimum atomic E-state index is -1.88. The molecular weight excluding hydrogens is 202 g/mol. The minimum absolute atomic E-state index is 0.303. The number of carbonyl (C=O) groups excluding carboxylic acids is 1. The molecule has 0 aromatic heterocycles. The van der Waals surface area contributed by atoms with Crippen LogP contribution in [0.15, 0.2) is 24.3 Å². The van der Waals surface area contributed by atoms with Gasteiger partial charge in [0.15, 0.2) is 5.78 Å². The van der Waals surface area contributed by atoms with Crippen molar-refractivity contribution in [1.29, 1.82) is 15.8 Å². The summed E-state index contributed by atoms with van der Waals surface area (Å²) in [6.07, 6.45) is 0. The highest BCUT2D eigenvalue weighted by Crippen LogP contribution is 2.45. The van der Waals surface area contributed by atoms with E-state index in [9.17, 15) is 4.79 Å². The van der Waals surface area contributed by atoms with Gasteiger partial charge in [-0.25, -0.2) is 0 Å². The lowest BCUT2D eigenvalue weighted by molar-refractivity contribution is 0.0918. The summed E-state index contributed by atoms with van der Waals surface area (Å²) in [6, 6.07) is 11.7. The Bertz CT molecular complexity index is 584. The SMILES string of the molecule is N#CC1c2ccccc2C(=O)C1(C#N)C#N. The van der Waals surface area contributed by atoms with Gasteiger partial charge in [-0.05, 0) is 5.56 Å². The van der Waals surface area contributed by atoms with E-state index in [1.807, 2.05) is 6.07 Å². The van der Waals surface area contributed by atoms with E-state index in [-0.39, 0.29) is 0 Å². The van der Waals surface area contributed by atoms with Gasteiger partial charge in [0.2, 0.25) is 5.41 Å². The molecular formula is C12H5N3O. The Labute approximate surface area is 92.0 Å². The van der Waals surface area contributed by atoms with Crippen LogP contribution in [-0.2, 0) is 0 Å². The lowest BCUT2D eigenvalue weighted by Crippen LogP contribution is -2.27. The summed E-state index contributed by atoms with van der Waals surface area (Å²) < 4.78 is 0. The molecule has 0 heterocycles. The van der Waals surface area contributed by atoms with E-state index in [4.69, 9.17) is 15.8 Å². The summed E-state index contributed by atoms with van der Waals surface area (Å²) in [4.78, 5) is 12.0. The lowest BCUT2D eigenvalue weighted by Gasteiger charge is -2.12. The highest BCUT2D eigenvalue weighted by Gasteiger charge is 2.55. The van der Waals surface area contributed by atoms with Crippen molar-refractivity contribution in [3.8, 4) is 18.2 Å². The van der Waals surface area contributed by atoms with Crippen molar-refractivity contribution < 1.29 is 4.79 Å². The van der Waals surface area contributed by atoms with Crippen LogP contribution < -0.4 is 0 Å². The van der Waals surface area contributed by atoms with Crippen LogP contribution in [0.5, 0.6) is 0 Å². The highest BCUT2D eigenvalue weighted by atomic mass is 16.1. The van der Waals surface area contributed by atoms with E-state index in [0.717, 1.165) is 0 Å². The van der Waals surface area contributed by atoms with Crippen LogP contribution in [0.1, 0.15) is 21.8 Å². The van der Waals surface area contributed by atoms with Gasteiger partial charge in [-0.15, -0.1) is 0 Å².